The van der Waals surface area contributed by atoms with Gasteiger partial charge in [0.1, 0.15) is 0 Å². The molecule has 0 aliphatic carbocycles. The van der Waals surface area contributed by atoms with E-state index in [0.29, 0.717) is 11.9 Å². The second kappa shape index (κ2) is 7.33. The number of morpholine rings is 1. The van der Waals surface area contributed by atoms with Crippen molar-refractivity contribution in [1.29, 1.82) is 0 Å². The first-order valence-electron chi connectivity index (χ1n) is 7.85. The van der Waals surface area contributed by atoms with Crippen LogP contribution in [0, 0.1) is 5.92 Å². The Hall–Kier alpha value is -1.27. The smallest absolute Gasteiger partial charge is 0.191 e. The first-order chi connectivity index (χ1) is 10.7. The Kier molecular flexibility index (Phi) is 5.20. The Morgan fingerprint density at radius 1 is 1.23 bits per heavy atom. The highest BCUT2D eigenvalue weighted by atomic mass is 79.9. The molecule has 0 saturated carbocycles. The molecule has 0 amide bonds. The van der Waals surface area contributed by atoms with Crippen LogP contribution in [-0.2, 0) is 4.74 Å². The summed E-state index contributed by atoms with van der Waals surface area (Å²) in [4.78, 5) is 9.15. The van der Waals surface area contributed by atoms with E-state index in [1.807, 2.05) is 0 Å². The van der Waals surface area contributed by atoms with E-state index in [0.717, 1.165) is 50.4 Å². The van der Waals surface area contributed by atoms with E-state index >= 15 is 0 Å². The maximum Gasteiger partial charge on any atom is 0.191 e. The first kappa shape index (κ1) is 15.6. The first-order valence-corrected chi connectivity index (χ1v) is 8.65. The number of aliphatic imine (C=N–C) groups is 1. The van der Waals surface area contributed by atoms with Gasteiger partial charge in [0.25, 0.3) is 0 Å². The molecule has 6 heteroatoms. The van der Waals surface area contributed by atoms with Crippen LogP contribution in [0.3, 0.4) is 0 Å². The Morgan fingerprint density at radius 3 is 2.68 bits per heavy atom. The molecule has 2 N–H and O–H groups in total. The SMILES string of the molecule is NC(=NCC1CCN(c2ccc(Br)cc2)C1)N1CCOCC1. The van der Waals surface area contributed by atoms with Crippen molar-refractivity contribution in [3.8, 4) is 0 Å². The molecule has 2 saturated heterocycles. The summed E-state index contributed by atoms with van der Waals surface area (Å²) in [6, 6.07) is 8.52. The van der Waals surface area contributed by atoms with Gasteiger partial charge in [-0.05, 0) is 36.6 Å². The van der Waals surface area contributed by atoms with Crippen LogP contribution >= 0.6 is 15.9 Å². The maximum atomic E-state index is 6.09. The molecule has 0 aromatic heterocycles. The number of hydrogen-bond acceptors (Lipinski definition) is 3. The number of nitrogens with two attached hydrogens (primary N) is 1. The topological polar surface area (TPSA) is 54.1 Å². The van der Waals surface area contributed by atoms with Crippen LogP contribution in [0.2, 0.25) is 0 Å². The van der Waals surface area contributed by atoms with Gasteiger partial charge < -0.3 is 20.3 Å². The van der Waals surface area contributed by atoms with E-state index in [2.05, 4.69) is 55.0 Å². The Balaban J connectivity index is 1.51. The fourth-order valence-electron chi connectivity index (χ4n) is 2.98. The molecule has 1 atom stereocenters. The van der Waals surface area contributed by atoms with Crippen LogP contribution in [0.25, 0.3) is 0 Å². The molecule has 22 heavy (non-hydrogen) atoms. The largest absolute Gasteiger partial charge is 0.378 e. The average molecular weight is 367 g/mol. The quantitative estimate of drug-likeness (QED) is 0.655. The van der Waals surface area contributed by atoms with Crippen molar-refractivity contribution in [3.05, 3.63) is 28.7 Å². The maximum absolute atomic E-state index is 6.09. The van der Waals surface area contributed by atoms with Crippen molar-refractivity contribution in [3.63, 3.8) is 0 Å². The predicted octanol–water partition coefficient (Wildman–Crippen LogP) is 1.92. The Labute approximate surface area is 140 Å². The number of guanidine groups is 1. The van der Waals surface area contributed by atoms with Crippen molar-refractivity contribution in [2.75, 3.05) is 50.8 Å². The normalized spacial score (nSPS) is 23.1. The molecule has 1 aromatic rings. The molecule has 0 radical (unpaired) electrons. The third kappa shape index (κ3) is 3.93. The van der Waals surface area contributed by atoms with Crippen LogP contribution in [0.15, 0.2) is 33.7 Å². The van der Waals surface area contributed by atoms with E-state index in [1.165, 1.54) is 12.1 Å². The number of halogens is 1. The average Bonchev–Trinajstić information content (AvgIpc) is 3.03. The lowest BCUT2D eigenvalue weighted by Gasteiger charge is -2.27. The number of benzene rings is 1. The van der Waals surface area contributed by atoms with Crippen molar-refractivity contribution < 1.29 is 4.74 Å². The van der Waals surface area contributed by atoms with Gasteiger partial charge in [-0.1, -0.05) is 15.9 Å². The molecule has 2 aliphatic heterocycles. The van der Waals surface area contributed by atoms with Crippen LogP contribution in [0.4, 0.5) is 5.69 Å². The second-order valence-electron chi connectivity index (χ2n) is 5.88. The number of anilines is 1. The fraction of sp³-hybridized carbons (Fsp3) is 0.562. The molecule has 1 aromatic carbocycles. The van der Waals surface area contributed by atoms with Gasteiger partial charge in [-0.25, -0.2) is 0 Å². The third-order valence-corrected chi connectivity index (χ3v) is 4.85. The Morgan fingerprint density at radius 2 is 1.95 bits per heavy atom. The molecule has 3 rings (SSSR count). The van der Waals surface area contributed by atoms with Gasteiger partial charge in [-0.15, -0.1) is 0 Å². The van der Waals surface area contributed by atoms with E-state index in [-0.39, 0.29) is 0 Å². The summed E-state index contributed by atoms with van der Waals surface area (Å²) < 4.78 is 6.46. The number of ether oxygens (including phenoxy) is 1. The molecule has 120 valence electrons. The molecular weight excluding hydrogens is 344 g/mol. The number of rotatable bonds is 3. The van der Waals surface area contributed by atoms with E-state index in [4.69, 9.17) is 10.5 Å². The van der Waals surface area contributed by atoms with E-state index in [9.17, 15) is 0 Å². The zero-order valence-electron chi connectivity index (χ0n) is 12.7. The van der Waals surface area contributed by atoms with Gasteiger partial charge in [0.15, 0.2) is 5.96 Å². The minimum atomic E-state index is 0.586. The van der Waals surface area contributed by atoms with Gasteiger partial charge in [-0.3, -0.25) is 4.99 Å². The lowest BCUT2D eigenvalue weighted by Crippen LogP contribution is -2.45. The van der Waals surface area contributed by atoms with Crippen molar-refractivity contribution in [1.82, 2.24) is 4.90 Å². The summed E-state index contributed by atoms with van der Waals surface area (Å²) in [6.45, 7) is 6.17. The van der Waals surface area contributed by atoms with Crippen molar-refractivity contribution >= 4 is 27.6 Å². The molecule has 1 unspecified atom stereocenters. The Bertz CT molecular complexity index is 513. The number of hydrogen-bond donors (Lipinski definition) is 1. The zero-order valence-corrected chi connectivity index (χ0v) is 14.3. The summed E-state index contributed by atoms with van der Waals surface area (Å²) in [5.41, 5.74) is 7.38. The number of nitrogens with zero attached hydrogens (tertiary/aromatic N) is 3. The van der Waals surface area contributed by atoms with Crippen LogP contribution < -0.4 is 10.6 Å². The highest BCUT2D eigenvalue weighted by Crippen LogP contribution is 2.25. The summed E-state index contributed by atoms with van der Waals surface area (Å²) >= 11 is 3.48. The standard InChI is InChI=1S/C16H23BrN4O/c17-14-1-3-15(4-2-14)21-6-5-13(12-21)11-19-16(18)20-7-9-22-10-8-20/h1-4,13H,5-12H2,(H2,18,19). The summed E-state index contributed by atoms with van der Waals surface area (Å²) in [7, 11) is 0. The van der Waals surface area contributed by atoms with Gasteiger partial charge in [0.2, 0.25) is 0 Å². The molecule has 2 heterocycles. The van der Waals surface area contributed by atoms with Gasteiger partial charge in [-0.2, -0.15) is 0 Å². The lowest BCUT2D eigenvalue weighted by molar-refractivity contribution is 0.0674. The van der Waals surface area contributed by atoms with Crippen molar-refractivity contribution in [2.45, 2.75) is 6.42 Å². The van der Waals surface area contributed by atoms with Gasteiger partial charge in [0.05, 0.1) is 13.2 Å². The summed E-state index contributed by atoms with van der Waals surface area (Å²) in [5.74, 6) is 1.26. The minimum absolute atomic E-state index is 0.586. The molecular formula is C16H23BrN4O. The van der Waals surface area contributed by atoms with Gasteiger partial charge in [0, 0.05) is 42.9 Å². The van der Waals surface area contributed by atoms with Crippen LogP contribution in [0.1, 0.15) is 6.42 Å². The molecule has 2 fully saturated rings. The summed E-state index contributed by atoms with van der Waals surface area (Å²) in [5, 5.41) is 0. The molecule has 2 aliphatic rings. The highest BCUT2D eigenvalue weighted by molar-refractivity contribution is 9.10. The summed E-state index contributed by atoms with van der Waals surface area (Å²) in [6.07, 6.45) is 1.18. The van der Waals surface area contributed by atoms with Crippen LogP contribution in [-0.4, -0.2) is 56.8 Å². The molecule has 0 spiro atoms. The fourth-order valence-corrected chi connectivity index (χ4v) is 3.25. The molecule has 0 bridgehead atoms. The zero-order chi connectivity index (χ0) is 15.4. The lowest BCUT2D eigenvalue weighted by atomic mass is 10.1. The molecule has 5 nitrogen and oxygen atoms in total. The minimum Gasteiger partial charge on any atom is -0.378 e. The van der Waals surface area contributed by atoms with Crippen LogP contribution in [0.5, 0.6) is 0 Å². The highest BCUT2D eigenvalue weighted by Gasteiger charge is 2.23. The van der Waals surface area contributed by atoms with E-state index < -0.39 is 0 Å². The van der Waals surface area contributed by atoms with E-state index in [1.54, 1.807) is 0 Å². The predicted molar refractivity (Wildman–Crippen MR) is 93.3 cm³/mol. The third-order valence-electron chi connectivity index (χ3n) is 4.32. The van der Waals surface area contributed by atoms with Gasteiger partial charge >= 0.3 is 0 Å². The second-order valence-corrected chi connectivity index (χ2v) is 6.79. The monoisotopic (exact) mass is 366 g/mol. The van der Waals surface area contributed by atoms with Crippen molar-refractivity contribution in [2.24, 2.45) is 16.6 Å².